The quantitative estimate of drug-likeness (QED) is 0.544. The van der Waals surface area contributed by atoms with Gasteiger partial charge in [0.15, 0.2) is 0 Å². The Morgan fingerprint density at radius 3 is 2.58 bits per heavy atom. The molecular weight excluding hydrogens is 235 g/mol. The predicted octanol–water partition coefficient (Wildman–Crippen LogP) is 4.30. The number of hydrogen-bond acceptors (Lipinski definition) is 2. The molecule has 0 N–H and O–H groups in total. The first-order valence-corrected chi connectivity index (χ1v) is 8.31. The van der Waals surface area contributed by atoms with E-state index in [4.69, 9.17) is 9.31 Å². The molecule has 4 rings (SSSR count). The van der Waals surface area contributed by atoms with Crippen molar-refractivity contribution in [3.63, 3.8) is 0 Å². The van der Waals surface area contributed by atoms with Crippen LogP contribution in [0.5, 0.6) is 0 Å². The first kappa shape index (κ1) is 13.9. The smallest absolute Gasteiger partial charge is 0.405 e. The van der Waals surface area contributed by atoms with Gasteiger partial charge in [0.05, 0.1) is 11.7 Å². The zero-order chi connectivity index (χ0) is 13.7. The zero-order valence-corrected chi connectivity index (χ0v) is 13.1. The number of hydrogen-bond donors (Lipinski definition) is 0. The van der Waals surface area contributed by atoms with Crippen LogP contribution in [0.1, 0.15) is 66.2 Å². The summed E-state index contributed by atoms with van der Waals surface area (Å²) in [4.78, 5) is 0. The van der Waals surface area contributed by atoms with Gasteiger partial charge in [0.25, 0.3) is 0 Å². The van der Waals surface area contributed by atoms with Crippen LogP contribution in [0.3, 0.4) is 0 Å². The molecule has 4 atom stereocenters. The van der Waals surface area contributed by atoms with E-state index in [0.29, 0.717) is 17.4 Å². The fourth-order valence-corrected chi connectivity index (χ4v) is 4.81. The predicted molar refractivity (Wildman–Crippen MR) is 79.1 cm³/mol. The number of rotatable bonds is 5. The molecule has 2 bridgehead atoms. The second-order valence-corrected chi connectivity index (χ2v) is 7.75. The molecule has 0 aromatic rings. The third-order valence-corrected chi connectivity index (χ3v) is 6.30. The highest BCUT2D eigenvalue weighted by Crippen LogP contribution is 2.65. The summed E-state index contributed by atoms with van der Waals surface area (Å²) in [6, 6.07) is 0. The maximum Gasteiger partial charge on any atom is 0.457 e. The van der Waals surface area contributed by atoms with E-state index in [1.807, 2.05) is 0 Å². The summed E-state index contributed by atoms with van der Waals surface area (Å²) in [5.74, 6) is 1.56. The Hall–Kier alpha value is -0.0151. The molecule has 3 saturated carbocycles. The van der Waals surface area contributed by atoms with E-state index < -0.39 is 0 Å². The Balaban J connectivity index is 1.58. The molecule has 108 valence electrons. The molecule has 0 aromatic heterocycles. The van der Waals surface area contributed by atoms with Crippen molar-refractivity contribution in [2.75, 3.05) is 0 Å². The minimum atomic E-state index is -0.00628. The average molecular weight is 264 g/mol. The standard InChI is InChI=1S/C16H29BO2/c1-5-6-7-8-9-17-18-14-11-12-10-13(15(12,2)3)16(14,4)19-17/h12-14H,5-11H2,1-4H3/t12?,13?,14-,16-/m0/s1. The summed E-state index contributed by atoms with van der Waals surface area (Å²) in [6.45, 7) is 9.41. The highest BCUT2D eigenvalue weighted by Gasteiger charge is 2.67. The molecule has 0 spiro atoms. The van der Waals surface area contributed by atoms with Crippen molar-refractivity contribution >= 4 is 7.12 Å². The highest BCUT2D eigenvalue weighted by atomic mass is 16.7. The van der Waals surface area contributed by atoms with E-state index in [2.05, 4.69) is 27.7 Å². The van der Waals surface area contributed by atoms with Crippen molar-refractivity contribution in [3.8, 4) is 0 Å². The van der Waals surface area contributed by atoms with Crippen LogP contribution in [0.25, 0.3) is 0 Å². The molecule has 19 heavy (non-hydrogen) atoms. The second kappa shape index (κ2) is 4.77. The summed E-state index contributed by atoms with van der Waals surface area (Å²) in [6.07, 6.45) is 9.22. The highest BCUT2D eigenvalue weighted by molar-refractivity contribution is 6.45. The van der Waals surface area contributed by atoms with Crippen molar-refractivity contribution in [2.24, 2.45) is 17.3 Å². The normalized spacial score (nSPS) is 42.9. The van der Waals surface area contributed by atoms with Gasteiger partial charge in [-0.15, -0.1) is 0 Å². The van der Waals surface area contributed by atoms with Gasteiger partial charge in [-0.1, -0.05) is 46.5 Å². The molecule has 3 aliphatic carbocycles. The van der Waals surface area contributed by atoms with E-state index in [0.717, 1.165) is 12.2 Å². The molecule has 4 fully saturated rings. The van der Waals surface area contributed by atoms with Gasteiger partial charge in [-0.3, -0.25) is 0 Å². The fourth-order valence-electron chi connectivity index (χ4n) is 4.81. The van der Waals surface area contributed by atoms with Crippen LogP contribution < -0.4 is 0 Å². The largest absolute Gasteiger partial charge is 0.457 e. The summed E-state index contributed by atoms with van der Waals surface area (Å²) in [5, 5.41) is 0. The third-order valence-electron chi connectivity index (χ3n) is 6.30. The van der Waals surface area contributed by atoms with Crippen LogP contribution in [0.15, 0.2) is 0 Å². The van der Waals surface area contributed by atoms with E-state index in [9.17, 15) is 0 Å². The van der Waals surface area contributed by atoms with Gasteiger partial charge in [0.2, 0.25) is 0 Å². The average Bonchev–Trinajstić information content (AvgIpc) is 2.70. The molecule has 0 amide bonds. The van der Waals surface area contributed by atoms with E-state index in [-0.39, 0.29) is 12.7 Å². The van der Waals surface area contributed by atoms with Crippen LogP contribution >= 0.6 is 0 Å². The van der Waals surface area contributed by atoms with E-state index >= 15 is 0 Å². The third kappa shape index (κ3) is 2.08. The second-order valence-electron chi connectivity index (χ2n) is 7.75. The van der Waals surface area contributed by atoms with Crippen molar-refractivity contribution in [1.29, 1.82) is 0 Å². The topological polar surface area (TPSA) is 18.5 Å². The Morgan fingerprint density at radius 2 is 1.89 bits per heavy atom. The van der Waals surface area contributed by atoms with Crippen LogP contribution in [-0.4, -0.2) is 18.8 Å². The van der Waals surface area contributed by atoms with Crippen molar-refractivity contribution in [1.82, 2.24) is 0 Å². The lowest BCUT2D eigenvalue weighted by molar-refractivity contribution is -0.199. The summed E-state index contributed by atoms with van der Waals surface area (Å²) in [5.41, 5.74) is 0.458. The molecule has 2 nitrogen and oxygen atoms in total. The number of unbranched alkanes of at least 4 members (excludes halogenated alkanes) is 3. The minimum absolute atomic E-state index is 0.00628. The maximum atomic E-state index is 6.40. The van der Waals surface area contributed by atoms with Crippen molar-refractivity contribution in [2.45, 2.75) is 84.2 Å². The molecule has 1 aliphatic heterocycles. The molecule has 0 aromatic carbocycles. The monoisotopic (exact) mass is 264 g/mol. The van der Waals surface area contributed by atoms with Gasteiger partial charge < -0.3 is 9.31 Å². The first-order chi connectivity index (χ1) is 8.98. The SMILES string of the molecule is CCCCCCB1O[C@H]2CC3CC(C3(C)C)[C@]2(C)O1. The summed E-state index contributed by atoms with van der Waals surface area (Å²) in [7, 11) is 0.0713. The van der Waals surface area contributed by atoms with Gasteiger partial charge in [0.1, 0.15) is 0 Å². The van der Waals surface area contributed by atoms with Crippen LogP contribution in [0, 0.1) is 17.3 Å². The van der Waals surface area contributed by atoms with Gasteiger partial charge in [-0.2, -0.15) is 0 Å². The Morgan fingerprint density at radius 1 is 1.11 bits per heavy atom. The van der Waals surface area contributed by atoms with Gasteiger partial charge in [-0.05, 0) is 43.3 Å². The molecular formula is C16H29BO2. The van der Waals surface area contributed by atoms with Crippen LogP contribution in [-0.2, 0) is 9.31 Å². The molecule has 1 saturated heterocycles. The molecule has 4 aliphatic rings. The maximum absolute atomic E-state index is 6.40. The summed E-state index contributed by atoms with van der Waals surface area (Å²) < 4.78 is 12.6. The van der Waals surface area contributed by atoms with E-state index in [1.165, 1.54) is 38.5 Å². The lowest BCUT2D eigenvalue weighted by Gasteiger charge is -2.64. The van der Waals surface area contributed by atoms with Crippen molar-refractivity contribution in [3.05, 3.63) is 0 Å². The molecule has 0 radical (unpaired) electrons. The lowest BCUT2D eigenvalue weighted by atomic mass is 9.43. The van der Waals surface area contributed by atoms with Gasteiger partial charge in [-0.25, -0.2) is 0 Å². The minimum Gasteiger partial charge on any atom is -0.405 e. The van der Waals surface area contributed by atoms with Gasteiger partial charge in [0, 0.05) is 0 Å². The Kier molecular flexibility index (Phi) is 3.50. The first-order valence-electron chi connectivity index (χ1n) is 8.31. The zero-order valence-electron chi connectivity index (χ0n) is 13.1. The molecule has 1 heterocycles. The van der Waals surface area contributed by atoms with Gasteiger partial charge >= 0.3 is 7.12 Å². The fraction of sp³-hybridized carbons (Fsp3) is 1.00. The Bertz CT molecular complexity index is 344. The Labute approximate surface area is 118 Å². The van der Waals surface area contributed by atoms with Crippen LogP contribution in [0.4, 0.5) is 0 Å². The van der Waals surface area contributed by atoms with Crippen LogP contribution in [0.2, 0.25) is 6.32 Å². The molecule has 2 unspecified atom stereocenters. The lowest BCUT2D eigenvalue weighted by Crippen LogP contribution is -2.65. The van der Waals surface area contributed by atoms with Crippen molar-refractivity contribution < 1.29 is 9.31 Å². The molecule has 3 heteroatoms. The summed E-state index contributed by atoms with van der Waals surface area (Å²) >= 11 is 0. The van der Waals surface area contributed by atoms with E-state index in [1.54, 1.807) is 0 Å².